The van der Waals surface area contributed by atoms with Crippen molar-refractivity contribution in [3.05, 3.63) is 50.9 Å². The number of nitro benzene ring substituents is 1. The molecule has 0 aliphatic carbocycles. The van der Waals surface area contributed by atoms with Crippen molar-refractivity contribution in [3.8, 4) is 0 Å². The van der Waals surface area contributed by atoms with Gasteiger partial charge in [-0.3, -0.25) is 14.9 Å². The highest BCUT2D eigenvalue weighted by Crippen LogP contribution is 2.23. The summed E-state index contributed by atoms with van der Waals surface area (Å²) in [7, 11) is 0. The number of fused-ring (bicyclic) bond motifs is 1. The highest BCUT2D eigenvalue weighted by atomic mass is 16.6. The van der Waals surface area contributed by atoms with Gasteiger partial charge < -0.3 is 9.67 Å². The molecule has 0 unspecified atom stereocenters. The first kappa shape index (κ1) is 12.3. The first-order valence-corrected chi connectivity index (χ1v) is 5.45. The van der Waals surface area contributed by atoms with E-state index in [0.717, 1.165) is 0 Å². The topological polar surface area (TPSA) is 85.4 Å². The van der Waals surface area contributed by atoms with E-state index in [1.807, 2.05) is 0 Å². The summed E-state index contributed by atoms with van der Waals surface area (Å²) < 4.78 is 1.37. The van der Waals surface area contributed by atoms with Crippen molar-refractivity contribution in [3.63, 3.8) is 0 Å². The number of benzene rings is 1. The van der Waals surface area contributed by atoms with Crippen LogP contribution in [0.15, 0.2) is 35.3 Å². The Labute approximate surface area is 102 Å². The maximum atomic E-state index is 12.1. The van der Waals surface area contributed by atoms with Crippen LogP contribution < -0.4 is 5.56 Å². The van der Waals surface area contributed by atoms with Crippen LogP contribution in [0.1, 0.15) is 13.0 Å². The molecule has 2 aromatic rings. The molecule has 1 N–H and O–H groups in total. The van der Waals surface area contributed by atoms with Crippen LogP contribution in [0.5, 0.6) is 0 Å². The zero-order valence-corrected chi connectivity index (χ0v) is 9.74. The number of hydrogen-bond donors (Lipinski definition) is 1. The molecule has 0 aliphatic heterocycles. The first-order chi connectivity index (χ1) is 8.56. The molecule has 18 heavy (non-hydrogen) atoms. The molecular formula is C12H12N2O4. The molecule has 0 fully saturated rings. The van der Waals surface area contributed by atoms with Crippen LogP contribution in [0, 0.1) is 10.1 Å². The van der Waals surface area contributed by atoms with Gasteiger partial charge in [0.25, 0.3) is 11.2 Å². The molecule has 94 valence electrons. The van der Waals surface area contributed by atoms with Crippen molar-refractivity contribution in [1.82, 2.24) is 4.57 Å². The van der Waals surface area contributed by atoms with Gasteiger partial charge in [0.2, 0.25) is 0 Å². The largest absolute Gasteiger partial charge is 0.394 e. The Kier molecular flexibility index (Phi) is 3.12. The van der Waals surface area contributed by atoms with Crippen molar-refractivity contribution in [2.45, 2.75) is 13.0 Å². The lowest BCUT2D eigenvalue weighted by Crippen LogP contribution is -2.24. The van der Waals surface area contributed by atoms with E-state index in [0.29, 0.717) is 5.39 Å². The van der Waals surface area contributed by atoms with Crippen LogP contribution in [-0.2, 0) is 0 Å². The second-order valence-corrected chi connectivity index (χ2v) is 4.06. The summed E-state index contributed by atoms with van der Waals surface area (Å²) in [6.07, 6.45) is 1.47. The number of rotatable bonds is 3. The second kappa shape index (κ2) is 4.58. The fourth-order valence-corrected chi connectivity index (χ4v) is 1.87. The smallest absolute Gasteiger partial charge is 0.277 e. The predicted octanol–water partition coefficient (Wildman–Crippen LogP) is 1.46. The average molecular weight is 248 g/mol. The van der Waals surface area contributed by atoms with Gasteiger partial charge in [-0.15, -0.1) is 0 Å². The van der Waals surface area contributed by atoms with Crippen molar-refractivity contribution in [1.29, 1.82) is 0 Å². The number of non-ortho nitro benzene ring substituents is 1. The minimum atomic E-state index is -0.512. The molecule has 0 radical (unpaired) electrons. The van der Waals surface area contributed by atoms with Gasteiger partial charge in [-0.05, 0) is 19.1 Å². The number of hydrogen-bond acceptors (Lipinski definition) is 4. The zero-order chi connectivity index (χ0) is 13.3. The van der Waals surface area contributed by atoms with E-state index in [2.05, 4.69) is 0 Å². The summed E-state index contributed by atoms with van der Waals surface area (Å²) >= 11 is 0. The van der Waals surface area contributed by atoms with E-state index in [9.17, 15) is 14.9 Å². The summed E-state index contributed by atoms with van der Waals surface area (Å²) in [5.74, 6) is 0. The van der Waals surface area contributed by atoms with E-state index in [1.54, 1.807) is 13.0 Å². The lowest BCUT2D eigenvalue weighted by Gasteiger charge is -2.12. The van der Waals surface area contributed by atoms with E-state index in [-0.39, 0.29) is 29.3 Å². The van der Waals surface area contributed by atoms with E-state index < -0.39 is 4.92 Å². The summed E-state index contributed by atoms with van der Waals surface area (Å²) in [5.41, 5.74) is -0.425. The van der Waals surface area contributed by atoms with Crippen molar-refractivity contribution in [2.75, 3.05) is 6.61 Å². The van der Waals surface area contributed by atoms with Crippen LogP contribution in [0.25, 0.3) is 10.8 Å². The van der Waals surface area contributed by atoms with Gasteiger partial charge in [0.05, 0.1) is 28.3 Å². The molecule has 1 atom stereocenters. The minimum absolute atomic E-state index is 0.0894. The fourth-order valence-electron chi connectivity index (χ4n) is 1.87. The van der Waals surface area contributed by atoms with Gasteiger partial charge in [0.15, 0.2) is 0 Å². The zero-order valence-electron chi connectivity index (χ0n) is 9.74. The Bertz CT molecular complexity index is 663. The molecule has 1 heterocycles. The summed E-state index contributed by atoms with van der Waals surface area (Å²) in [4.78, 5) is 22.5. The minimum Gasteiger partial charge on any atom is -0.394 e. The van der Waals surface area contributed by atoms with Crippen molar-refractivity contribution < 1.29 is 10.0 Å². The number of aliphatic hydroxyl groups is 1. The summed E-state index contributed by atoms with van der Waals surface area (Å²) in [5, 5.41) is 20.5. The lowest BCUT2D eigenvalue weighted by molar-refractivity contribution is -0.383. The molecular weight excluding hydrogens is 236 g/mol. The number of aromatic nitrogens is 1. The Hall–Kier alpha value is -2.21. The third-order valence-corrected chi connectivity index (χ3v) is 2.89. The molecule has 1 aromatic carbocycles. The van der Waals surface area contributed by atoms with Gasteiger partial charge >= 0.3 is 0 Å². The van der Waals surface area contributed by atoms with Gasteiger partial charge in [0, 0.05) is 12.3 Å². The third kappa shape index (κ3) is 1.86. The lowest BCUT2D eigenvalue weighted by atomic mass is 10.1. The Morgan fingerprint density at radius 2 is 2.11 bits per heavy atom. The molecule has 6 nitrogen and oxygen atoms in total. The number of pyridine rings is 1. The van der Waals surface area contributed by atoms with Crippen LogP contribution in [0.2, 0.25) is 0 Å². The Morgan fingerprint density at radius 1 is 1.39 bits per heavy atom. The maximum Gasteiger partial charge on any atom is 0.277 e. The second-order valence-electron chi connectivity index (χ2n) is 4.06. The molecule has 1 aromatic heterocycles. The van der Waals surface area contributed by atoms with Gasteiger partial charge in [-0.2, -0.15) is 0 Å². The summed E-state index contributed by atoms with van der Waals surface area (Å²) in [6.45, 7) is 1.53. The highest BCUT2D eigenvalue weighted by molar-refractivity contribution is 5.89. The molecule has 6 heteroatoms. The number of nitro groups is 1. The van der Waals surface area contributed by atoms with Crippen molar-refractivity contribution in [2.24, 2.45) is 0 Å². The molecule has 0 saturated carbocycles. The van der Waals surface area contributed by atoms with Gasteiger partial charge in [-0.1, -0.05) is 6.07 Å². The van der Waals surface area contributed by atoms with Crippen molar-refractivity contribution >= 4 is 16.5 Å². The monoisotopic (exact) mass is 248 g/mol. The fraction of sp³-hybridized carbons (Fsp3) is 0.250. The van der Waals surface area contributed by atoms with Crippen LogP contribution in [0.4, 0.5) is 5.69 Å². The van der Waals surface area contributed by atoms with Gasteiger partial charge in [-0.25, -0.2) is 0 Å². The molecule has 0 amide bonds. The highest BCUT2D eigenvalue weighted by Gasteiger charge is 2.15. The normalized spacial score (nSPS) is 12.6. The molecule has 0 spiro atoms. The Morgan fingerprint density at radius 3 is 2.72 bits per heavy atom. The summed E-state index contributed by atoms with van der Waals surface area (Å²) in [6, 6.07) is 5.56. The van der Waals surface area contributed by atoms with E-state index in [1.165, 1.54) is 29.0 Å². The predicted molar refractivity (Wildman–Crippen MR) is 66.7 cm³/mol. The molecule has 0 saturated heterocycles. The van der Waals surface area contributed by atoms with E-state index in [4.69, 9.17) is 5.11 Å². The average Bonchev–Trinajstić information content (AvgIpc) is 2.37. The standard InChI is InChI=1S/C12H12N2O4/c1-8(7-15)13-6-5-9-10(12(13)16)3-2-4-11(9)14(17)18/h2-6,8,15H,7H2,1H3/t8-/m1/s1. The molecule has 0 aliphatic rings. The van der Waals surface area contributed by atoms with Gasteiger partial charge in [0.1, 0.15) is 0 Å². The molecule has 0 bridgehead atoms. The number of nitrogens with zero attached hydrogens (tertiary/aromatic N) is 2. The quantitative estimate of drug-likeness (QED) is 0.658. The number of aliphatic hydroxyl groups excluding tert-OH is 1. The maximum absolute atomic E-state index is 12.1. The Balaban J connectivity index is 2.78. The first-order valence-electron chi connectivity index (χ1n) is 5.45. The van der Waals surface area contributed by atoms with Crippen LogP contribution in [-0.4, -0.2) is 21.2 Å². The van der Waals surface area contributed by atoms with Crippen LogP contribution >= 0.6 is 0 Å². The van der Waals surface area contributed by atoms with Crippen LogP contribution in [0.3, 0.4) is 0 Å². The van der Waals surface area contributed by atoms with E-state index >= 15 is 0 Å². The molecule has 2 rings (SSSR count). The SMILES string of the molecule is C[C@H](CO)n1ccc2c([N+](=O)[O-])cccc2c1=O. The third-order valence-electron chi connectivity index (χ3n) is 2.89.